The fourth-order valence-electron chi connectivity index (χ4n) is 1.66. The molecule has 0 fully saturated rings. The molecule has 1 aromatic rings. The standard InChI is InChI=1S/C12H17F3N2O2S.ClH/c1-8-6-10(12(13,14)15)4-5-11(8)20(18,19)17(3)9(2)7-16;/h4-6,9H,7,16H2,1-3H3;1H. The number of halogens is 4. The Kier molecular flexibility index (Phi) is 6.68. The zero-order valence-corrected chi connectivity index (χ0v) is 13.4. The molecular weight excluding hydrogens is 329 g/mol. The van der Waals surface area contributed by atoms with Gasteiger partial charge in [0.1, 0.15) is 0 Å². The van der Waals surface area contributed by atoms with Gasteiger partial charge >= 0.3 is 6.18 Å². The maximum atomic E-state index is 12.6. The monoisotopic (exact) mass is 346 g/mol. The van der Waals surface area contributed by atoms with Crippen molar-refractivity contribution < 1.29 is 21.6 Å². The van der Waals surface area contributed by atoms with Crippen LogP contribution in [0, 0.1) is 6.92 Å². The van der Waals surface area contributed by atoms with E-state index in [9.17, 15) is 21.6 Å². The van der Waals surface area contributed by atoms with Gasteiger partial charge in [-0.2, -0.15) is 17.5 Å². The zero-order chi connectivity index (χ0) is 15.7. The fourth-order valence-corrected chi connectivity index (χ4v) is 3.23. The van der Waals surface area contributed by atoms with E-state index in [1.54, 1.807) is 6.92 Å². The molecule has 0 bridgehead atoms. The topological polar surface area (TPSA) is 63.4 Å². The number of aryl methyl sites for hydroxylation is 1. The normalized spacial score (nSPS) is 13.9. The number of nitrogens with two attached hydrogens (primary N) is 1. The van der Waals surface area contributed by atoms with Gasteiger partial charge in [0.05, 0.1) is 10.5 Å². The number of hydrogen-bond donors (Lipinski definition) is 1. The summed E-state index contributed by atoms with van der Waals surface area (Å²) in [7, 11) is -2.51. The van der Waals surface area contributed by atoms with Crippen molar-refractivity contribution in [3.05, 3.63) is 29.3 Å². The molecule has 0 aliphatic carbocycles. The number of nitrogens with zero attached hydrogens (tertiary/aromatic N) is 1. The smallest absolute Gasteiger partial charge is 0.329 e. The Bertz CT molecular complexity index is 591. The summed E-state index contributed by atoms with van der Waals surface area (Å²) in [6.07, 6.45) is -4.50. The van der Waals surface area contributed by atoms with E-state index in [2.05, 4.69) is 0 Å². The van der Waals surface area contributed by atoms with Gasteiger partial charge in [0.15, 0.2) is 0 Å². The van der Waals surface area contributed by atoms with Crippen molar-refractivity contribution in [2.75, 3.05) is 13.6 Å². The maximum Gasteiger partial charge on any atom is 0.416 e. The molecule has 0 aliphatic rings. The van der Waals surface area contributed by atoms with Crippen LogP contribution in [0.5, 0.6) is 0 Å². The van der Waals surface area contributed by atoms with Crippen LogP contribution >= 0.6 is 12.4 Å². The number of alkyl halides is 3. The molecule has 122 valence electrons. The summed E-state index contributed by atoms with van der Waals surface area (Å²) in [5.74, 6) is 0. The molecule has 4 nitrogen and oxygen atoms in total. The van der Waals surface area contributed by atoms with Crippen molar-refractivity contribution >= 4 is 22.4 Å². The van der Waals surface area contributed by atoms with E-state index in [4.69, 9.17) is 5.73 Å². The van der Waals surface area contributed by atoms with Gasteiger partial charge in [-0.05, 0) is 37.6 Å². The Labute approximate surface area is 128 Å². The molecule has 0 saturated carbocycles. The second-order valence-corrected chi connectivity index (χ2v) is 6.55. The molecule has 0 aliphatic heterocycles. The third kappa shape index (κ3) is 4.32. The van der Waals surface area contributed by atoms with Crippen molar-refractivity contribution in [3.63, 3.8) is 0 Å². The highest BCUT2D eigenvalue weighted by Crippen LogP contribution is 2.32. The highest BCUT2D eigenvalue weighted by molar-refractivity contribution is 7.89. The van der Waals surface area contributed by atoms with Crippen LogP contribution in [0.3, 0.4) is 0 Å². The second-order valence-electron chi connectivity index (χ2n) is 4.58. The largest absolute Gasteiger partial charge is 0.416 e. The van der Waals surface area contributed by atoms with Crippen molar-refractivity contribution in [2.45, 2.75) is 31.0 Å². The van der Waals surface area contributed by atoms with Crippen LogP contribution in [0.2, 0.25) is 0 Å². The van der Waals surface area contributed by atoms with E-state index in [0.29, 0.717) is 0 Å². The third-order valence-corrected chi connectivity index (χ3v) is 5.25. The Morgan fingerprint density at radius 1 is 1.33 bits per heavy atom. The lowest BCUT2D eigenvalue weighted by atomic mass is 10.1. The van der Waals surface area contributed by atoms with Gasteiger partial charge in [-0.15, -0.1) is 12.4 Å². The first-order chi connectivity index (χ1) is 9.01. The van der Waals surface area contributed by atoms with Gasteiger partial charge < -0.3 is 5.73 Å². The van der Waals surface area contributed by atoms with Crippen molar-refractivity contribution in [2.24, 2.45) is 5.73 Å². The van der Waals surface area contributed by atoms with E-state index in [-0.39, 0.29) is 29.4 Å². The van der Waals surface area contributed by atoms with Crippen molar-refractivity contribution in [1.82, 2.24) is 4.31 Å². The Morgan fingerprint density at radius 3 is 2.24 bits per heavy atom. The van der Waals surface area contributed by atoms with E-state index in [0.717, 1.165) is 22.5 Å². The summed E-state index contributed by atoms with van der Waals surface area (Å²) in [4.78, 5) is -0.145. The minimum Gasteiger partial charge on any atom is -0.329 e. The summed E-state index contributed by atoms with van der Waals surface area (Å²) in [5.41, 5.74) is 4.59. The second kappa shape index (κ2) is 6.95. The molecule has 1 aromatic carbocycles. The van der Waals surface area contributed by atoms with Crippen LogP contribution in [0.1, 0.15) is 18.1 Å². The molecule has 0 radical (unpaired) electrons. The zero-order valence-electron chi connectivity index (χ0n) is 11.8. The van der Waals surface area contributed by atoms with Gasteiger partial charge in [0.2, 0.25) is 10.0 Å². The van der Waals surface area contributed by atoms with Crippen molar-refractivity contribution in [1.29, 1.82) is 0 Å². The first-order valence-electron chi connectivity index (χ1n) is 5.87. The maximum absolute atomic E-state index is 12.6. The molecule has 0 heterocycles. The number of likely N-dealkylation sites (N-methyl/N-ethyl adjacent to an activating group) is 1. The molecule has 21 heavy (non-hydrogen) atoms. The summed E-state index contributed by atoms with van der Waals surface area (Å²) in [6.45, 7) is 3.08. The highest BCUT2D eigenvalue weighted by Gasteiger charge is 2.32. The summed E-state index contributed by atoms with van der Waals surface area (Å²) < 4.78 is 63.3. The van der Waals surface area contributed by atoms with Crippen LogP contribution in [0.15, 0.2) is 23.1 Å². The van der Waals surface area contributed by atoms with E-state index in [1.165, 1.54) is 14.0 Å². The SMILES string of the molecule is Cc1cc(C(F)(F)F)ccc1S(=O)(=O)N(C)C(C)CN.Cl. The van der Waals surface area contributed by atoms with Crippen LogP contribution in [-0.4, -0.2) is 32.4 Å². The number of hydrogen-bond acceptors (Lipinski definition) is 3. The molecular formula is C12H18ClF3N2O2S. The van der Waals surface area contributed by atoms with Crippen LogP contribution in [-0.2, 0) is 16.2 Å². The van der Waals surface area contributed by atoms with Gasteiger partial charge in [-0.1, -0.05) is 0 Å². The lowest BCUT2D eigenvalue weighted by Crippen LogP contribution is -2.39. The lowest BCUT2D eigenvalue weighted by Gasteiger charge is -2.24. The highest BCUT2D eigenvalue weighted by atomic mass is 35.5. The predicted molar refractivity (Wildman–Crippen MR) is 76.9 cm³/mol. The van der Waals surface area contributed by atoms with Gasteiger partial charge in [-0.3, -0.25) is 0 Å². The average molecular weight is 347 g/mol. The molecule has 0 spiro atoms. The van der Waals surface area contributed by atoms with Gasteiger partial charge in [0.25, 0.3) is 0 Å². The van der Waals surface area contributed by atoms with E-state index < -0.39 is 27.8 Å². The minimum atomic E-state index is -4.50. The van der Waals surface area contributed by atoms with Crippen LogP contribution in [0.4, 0.5) is 13.2 Å². The molecule has 1 atom stereocenters. The first kappa shape index (κ1) is 20.2. The quantitative estimate of drug-likeness (QED) is 0.910. The minimum absolute atomic E-state index is 0. The van der Waals surface area contributed by atoms with Crippen LogP contribution in [0.25, 0.3) is 0 Å². The number of rotatable bonds is 4. The lowest BCUT2D eigenvalue weighted by molar-refractivity contribution is -0.137. The van der Waals surface area contributed by atoms with Crippen molar-refractivity contribution in [3.8, 4) is 0 Å². The fraction of sp³-hybridized carbons (Fsp3) is 0.500. The third-order valence-electron chi connectivity index (χ3n) is 3.12. The molecule has 0 saturated heterocycles. The Balaban J connectivity index is 0.00000400. The Hall–Kier alpha value is -0.830. The molecule has 1 unspecified atom stereocenters. The van der Waals surface area contributed by atoms with Crippen LogP contribution < -0.4 is 5.73 Å². The Morgan fingerprint density at radius 2 is 1.86 bits per heavy atom. The molecule has 0 amide bonds. The van der Waals surface area contributed by atoms with Gasteiger partial charge in [-0.25, -0.2) is 8.42 Å². The average Bonchev–Trinajstić information content (AvgIpc) is 2.35. The number of sulfonamides is 1. The van der Waals surface area contributed by atoms with E-state index in [1.807, 2.05) is 0 Å². The van der Waals surface area contributed by atoms with E-state index >= 15 is 0 Å². The summed E-state index contributed by atoms with van der Waals surface area (Å²) >= 11 is 0. The predicted octanol–water partition coefficient (Wildman–Crippen LogP) is 2.40. The molecule has 2 N–H and O–H groups in total. The molecule has 9 heteroatoms. The summed E-state index contributed by atoms with van der Waals surface area (Å²) in [6, 6.07) is 2.13. The molecule has 1 rings (SSSR count). The molecule has 0 aromatic heterocycles. The summed E-state index contributed by atoms with van der Waals surface area (Å²) in [5, 5.41) is 0. The first-order valence-corrected chi connectivity index (χ1v) is 7.31. The van der Waals surface area contributed by atoms with Gasteiger partial charge in [0, 0.05) is 19.6 Å². The number of benzene rings is 1.